The van der Waals surface area contributed by atoms with Crippen LogP contribution in [0.15, 0.2) is 48.5 Å². The number of likely N-dealkylation sites (N-methyl/N-ethyl adjacent to an activating group) is 1. The number of hydrogen-bond donors (Lipinski definition) is 1. The minimum absolute atomic E-state index is 0.158. The molecule has 0 saturated carbocycles. The highest BCUT2D eigenvalue weighted by molar-refractivity contribution is 5.78. The molecule has 2 rings (SSSR count). The molecule has 0 unspecified atom stereocenters. The van der Waals surface area contributed by atoms with E-state index in [1.54, 1.807) is 14.0 Å². The molecule has 1 N–H and O–H groups in total. The highest BCUT2D eigenvalue weighted by atomic mass is 19.1. The second-order valence-electron chi connectivity index (χ2n) is 5.85. The largest absolute Gasteiger partial charge is 0.492 e. The number of benzene rings is 2. The SMILES string of the molecule is C[C@@H](NC(=O)CN(C)CCOc1ccccc1)c1ccc(F)cc1F. The molecule has 0 spiro atoms. The first-order valence-electron chi connectivity index (χ1n) is 8.06. The molecule has 0 saturated heterocycles. The highest BCUT2D eigenvalue weighted by Gasteiger charge is 2.15. The van der Waals surface area contributed by atoms with Crippen LogP contribution in [0.3, 0.4) is 0 Å². The van der Waals surface area contributed by atoms with E-state index in [0.717, 1.165) is 11.8 Å². The summed E-state index contributed by atoms with van der Waals surface area (Å²) < 4.78 is 32.2. The Morgan fingerprint density at radius 1 is 1.20 bits per heavy atom. The molecule has 6 heteroatoms. The molecule has 0 aliphatic rings. The van der Waals surface area contributed by atoms with Crippen LogP contribution in [0.1, 0.15) is 18.5 Å². The van der Waals surface area contributed by atoms with Crippen molar-refractivity contribution in [1.82, 2.24) is 10.2 Å². The molecule has 1 amide bonds. The van der Waals surface area contributed by atoms with Gasteiger partial charge in [0.15, 0.2) is 0 Å². The number of halogens is 2. The zero-order valence-corrected chi connectivity index (χ0v) is 14.3. The Kier molecular flexibility index (Phi) is 6.89. The van der Waals surface area contributed by atoms with Crippen LogP contribution in [0.4, 0.5) is 8.78 Å². The van der Waals surface area contributed by atoms with Crippen molar-refractivity contribution in [3.8, 4) is 5.75 Å². The van der Waals surface area contributed by atoms with Crippen LogP contribution in [-0.4, -0.2) is 37.6 Å². The van der Waals surface area contributed by atoms with E-state index in [-0.39, 0.29) is 18.0 Å². The number of ether oxygens (including phenoxy) is 1. The van der Waals surface area contributed by atoms with Crippen LogP contribution in [0.5, 0.6) is 5.75 Å². The van der Waals surface area contributed by atoms with Gasteiger partial charge in [0, 0.05) is 18.2 Å². The van der Waals surface area contributed by atoms with Crippen LogP contribution < -0.4 is 10.1 Å². The van der Waals surface area contributed by atoms with Gasteiger partial charge in [-0.15, -0.1) is 0 Å². The molecule has 0 aliphatic carbocycles. The lowest BCUT2D eigenvalue weighted by atomic mass is 10.1. The second-order valence-corrected chi connectivity index (χ2v) is 5.85. The monoisotopic (exact) mass is 348 g/mol. The lowest BCUT2D eigenvalue weighted by Crippen LogP contribution is -2.38. The molecule has 1 atom stereocenters. The zero-order chi connectivity index (χ0) is 18.2. The van der Waals surface area contributed by atoms with Crippen molar-refractivity contribution in [3.63, 3.8) is 0 Å². The maximum absolute atomic E-state index is 13.7. The van der Waals surface area contributed by atoms with Crippen molar-refractivity contribution in [2.75, 3.05) is 26.7 Å². The van der Waals surface area contributed by atoms with E-state index < -0.39 is 17.7 Å². The molecule has 134 valence electrons. The van der Waals surface area contributed by atoms with E-state index in [0.29, 0.717) is 13.2 Å². The molecule has 0 fully saturated rings. The van der Waals surface area contributed by atoms with Gasteiger partial charge >= 0.3 is 0 Å². The molecule has 2 aromatic carbocycles. The Morgan fingerprint density at radius 3 is 2.60 bits per heavy atom. The third-order valence-electron chi connectivity index (χ3n) is 3.70. The summed E-state index contributed by atoms with van der Waals surface area (Å²) in [4.78, 5) is 13.9. The normalized spacial score (nSPS) is 12.0. The number of carbonyl (C=O) groups excluding carboxylic acids is 1. The number of nitrogens with one attached hydrogen (secondary N) is 1. The summed E-state index contributed by atoms with van der Waals surface area (Å²) in [6.07, 6.45) is 0. The predicted molar refractivity (Wildman–Crippen MR) is 92.3 cm³/mol. The second kappa shape index (κ2) is 9.13. The molecule has 0 bridgehead atoms. The lowest BCUT2D eigenvalue weighted by Gasteiger charge is -2.19. The summed E-state index contributed by atoms with van der Waals surface area (Å²) >= 11 is 0. The van der Waals surface area contributed by atoms with Crippen molar-refractivity contribution in [2.45, 2.75) is 13.0 Å². The summed E-state index contributed by atoms with van der Waals surface area (Å²) in [5, 5.41) is 2.71. The van der Waals surface area contributed by atoms with E-state index in [1.165, 1.54) is 12.1 Å². The quantitative estimate of drug-likeness (QED) is 0.797. The standard InChI is InChI=1S/C19H22F2N2O2/c1-14(17-9-8-15(20)12-18(17)21)22-19(24)13-23(2)10-11-25-16-6-4-3-5-7-16/h3-9,12,14H,10-11,13H2,1-2H3,(H,22,24)/t14-/m1/s1. The van der Waals surface area contributed by atoms with E-state index in [4.69, 9.17) is 4.74 Å². The number of hydrogen-bond acceptors (Lipinski definition) is 3. The van der Waals surface area contributed by atoms with Gasteiger partial charge in [0.1, 0.15) is 24.0 Å². The van der Waals surface area contributed by atoms with Crippen molar-refractivity contribution in [2.24, 2.45) is 0 Å². The fraction of sp³-hybridized carbons (Fsp3) is 0.316. The van der Waals surface area contributed by atoms with E-state index in [1.807, 2.05) is 35.2 Å². The first-order chi connectivity index (χ1) is 12.0. The summed E-state index contributed by atoms with van der Waals surface area (Å²) in [5.74, 6) is -0.769. The molecule has 25 heavy (non-hydrogen) atoms. The van der Waals surface area contributed by atoms with Gasteiger partial charge in [0.25, 0.3) is 0 Å². The molecule has 0 aromatic heterocycles. The minimum atomic E-state index is -0.669. The van der Waals surface area contributed by atoms with Gasteiger partial charge in [-0.3, -0.25) is 9.69 Å². The summed E-state index contributed by atoms with van der Waals surface area (Å²) in [7, 11) is 1.80. The third kappa shape index (κ3) is 6.15. The highest BCUT2D eigenvalue weighted by Crippen LogP contribution is 2.17. The van der Waals surface area contributed by atoms with Crippen molar-refractivity contribution >= 4 is 5.91 Å². The van der Waals surface area contributed by atoms with Gasteiger partial charge in [-0.2, -0.15) is 0 Å². The Morgan fingerprint density at radius 2 is 1.92 bits per heavy atom. The first-order valence-corrected chi connectivity index (χ1v) is 8.06. The smallest absolute Gasteiger partial charge is 0.234 e. The van der Waals surface area contributed by atoms with Gasteiger partial charge in [-0.25, -0.2) is 8.78 Å². The van der Waals surface area contributed by atoms with Gasteiger partial charge in [0.2, 0.25) is 5.91 Å². The van der Waals surface area contributed by atoms with Crippen molar-refractivity contribution in [3.05, 3.63) is 65.7 Å². The van der Waals surface area contributed by atoms with Crippen LogP contribution in [0.25, 0.3) is 0 Å². The topological polar surface area (TPSA) is 41.6 Å². The number of carbonyl (C=O) groups is 1. The Balaban J connectivity index is 1.75. The molecular weight excluding hydrogens is 326 g/mol. The number of amides is 1. The maximum Gasteiger partial charge on any atom is 0.234 e. The number of nitrogens with zero attached hydrogens (tertiary/aromatic N) is 1. The first kappa shape index (κ1) is 18.9. The average molecular weight is 348 g/mol. The predicted octanol–water partition coefficient (Wildman–Crippen LogP) is 3.15. The lowest BCUT2D eigenvalue weighted by molar-refractivity contribution is -0.122. The van der Waals surface area contributed by atoms with Crippen LogP contribution >= 0.6 is 0 Å². The van der Waals surface area contributed by atoms with E-state index in [9.17, 15) is 13.6 Å². The Bertz CT molecular complexity index is 695. The van der Waals surface area contributed by atoms with Crippen molar-refractivity contribution in [1.29, 1.82) is 0 Å². The summed E-state index contributed by atoms with van der Waals surface area (Å²) in [5.41, 5.74) is 0.254. The fourth-order valence-electron chi connectivity index (χ4n) is 2.38. The van der Waals surface area contributed by atoms with Crippen molar-refractivity contribution < 1.29 is 18.3 Å². The Hall–Kier alpha value is -2.47. The summed E-state index contributed by atoms with van der Waals surface area (Å²) in [6.45, 7) is 2.84. The fourth-order valence-corrected chi connectivity index (χ4v) is 2.38. The molecular formula is C19H22F2N2O2. The number of para-hydroxylation sites is 1. The van der Waals surface area contributed by atoms with E-state index >= 15 is 0 Å². The molecule has 0 radical (unpaired) electrons. The molecule has 2 aromatic rings. The average Bonchev–Trinajstić information content (AvgIpc) is 2.55. The third-order valence-corrected chi connectivity index (χ3v) is 3.70. The zero-order valence-electron chi connectivity index (χ0n) is 14.3. The number of rotatable bonds is 8. The Labute approximate surface area is 146 Å². The van der Waals surface area contributed by atoms with Gasteiger partial charge in [-0.1, -0.05) is 24.3 Å². The minimum Gasteiger partial charge on any atom is -0.492 e. The van der Waals surface area contributed by atoms with Crippen LogP contribution in [0, 0.1) is 11.6 Å². The van der Waals surface area contributed by atoms with Gasteiger partial charge in [-0.05, 0) is 32.2 Å². The van der Waals surface area contributed by atoms with Gasteiger partial charge in [0.05, 0.1) is 12.6 Å². The molecule has 0 heterocycles. The maximum atomic E-state index is 13.7. The summed E-state index contributed by atoms with van der Waals surface area (Å²) in [6, 6.07) is 12.2. The van der Waals surface area contributed by atoms with E-state index in [2.05, 4.69) is 5.32 Å². The molecule has 4 nitrogen and oxygen atoms in total. The molecule has 0 aliphatic heterocycles. The van der Waals surface area contributed by atoms with Gasteiger partial charge < -0.3 is 10.1 Å². The van der Waals surface area contributed by atoms with Crippen LogP contribution in [-0.2, 0) is 4.79 Å². The van der Waals surface area contributed by atoms with Crippen LogP contribution in [0.2, 0.25) is 0 Å².